The first-order valence-electron chi connectivity index (χ1n) is 9.31. The number of nitrogens with zero attached hydrogens (tertiary/aromatic N) is 5. The van der Waals surface area contributed by atoms with E-state index in [9.17, 15) is 4.79 Å². The molecule has 0 bridgehead atoms. The number of aromatic nitrogens is 3. The molecule has 0 radical (unpaired) electrons. The normalized spacial score (nSPS) is 22.0. The van der Waals surface area contributed by atoms with Crippen molar-refractivity contribution < 1.29 is 4.79 Å². The van der Waals surface area contributed by atoms with E-state index in [1.165, 1.54) is 38.8 Å². The first kappa shape index (κ1) is 17.4. The Balaban J connectivity index is 1.43. The van der Waals surface area contributed by atoms with Crippen LogP contribution in [0.25, 0.3) is 0 Å². The molecule has 0 spiro atoms. The third-order valence-electron chi connectivity index (χ3n) is 5.12. The molecular formula is C17H30N6O. The molecule has 2 aliphatic heterocycles. The van der Waals surface area contributed by atoms with Gasteiger partial charge in [0.05, 0.1) is 6.20 Å². The monoisotopic (exact) mass is 334 g/mol. The van der Waals surface area contributed by atoms with Crippen LogP contribution in [0.5, 0.6) is 0 Å². The van der Waals surface area contributed by atoms with Gasteiger partial charge in [0, 0.05) is 20.1 Å². The van der Waals surface area contributed by atoms with Crippen molar-refractivity contribution in [2.45, 2.75) is 38.6 Å². The van der Waals surface area contributed by atoms with E-state index in [4.69, 9.17) is 0 Å². The lowest BCUT2D eigenvalue weighted by Gasteiger charge is -2.22. The second-order valence-electron chi connectivity index (χ2n) is 7.17. The summed E-state index contributed by atoms with van der Waals surface area (Å²) >= 11 is 0. The average molecular weight is 334 g/mol. The van der Waals surface area contributed by atoms with E-state index in [2.05, 4.69) is 20.5 Å². The zero-order valence-electron chi connectivity index (χ0n) is 14.8. The van der Waals surface area contributed by atoms with E-state index in [0.29, 0.717) is 11.6 Å². The minimum atomic E-state index is -0.0237. The van der Waals surface area contributed by atoms with Gasteiger partial charge in [-0.15, -0.1) is 5.10 Å². The lowest BCUT2D eigenvalue weighted by atomic mass is 10.00. The Bertz CT molecular complexity index is 519. The molecule has 1 N–H and O–H groups in total. The summed E-state index contributed by atoms with van der Waals surface area (Å²) in [5, 5.41) is 11.6. The van der Waals surface area contributed by atoms with E-state index in [1.54, 1.807) is 11.1 Å². The fraction of sp³-hybridized carbons (Fsp3) is 0.824. The summed E-state index contributed by atoms with van der Waals surface area (Å²) in [6, 6.07) is 0. The van der Waals surface area contributed by atoms with Crippen molar-refractivity contribution in [1.29, 1.82) is 0 Å². The molecule has 7 heteroatoms. The predicted octanol–water partition coefficient (Wildman–Crippen LogP) is 0.836. The molecule has 2 aliphatic rings. The molecule has 0 aromatic carbocycles. The fourth-order valence-corrected chi connectivity index (χ4v) is 3.66. The molecule has 0 saturated carbocycles. The van der Waals surface area contributed by atoms with Crippen LogP contribution in [0.4, 0.5) is 0 Å². The summed E-state index contributed by atoms with van der Waals surface area (Å²) in [4.78, 5) is 16.7. The number of likely N-dealkylation sites (tertiary alicyclic amines) is 1. The molecular weight excluding hydrogens is 304 g/mol. The van der Waals surface area contributed by atoms with Gasteiger partial charge in [0.15, 0.2) is 5.69 Å². The topological polar surface area (TPSA) is 66.3 Å². The van der Waals surface area contributed by atoms with Crippen LogP contribution in [0, 0.1) is 5.92 Å². The van der Waals surface area contributed by atoms with Crippen LogP contribution in [-0.2, 0) is 6.54 Å². The van der Waals surface area contributed by atoms with E-state index >= 15 is 0 Å². The Kier molecular flexibility index (Phi) is 6.20. The molecule has 1 unspecified atom stereocenters. The van der Waals surface area contributed by atoms with Crippen molar-refractivity contribution in [2.24, 2.45) is 5.92 Å². The van der Waals surface area contributed by atoms with Crippen LogP contribution in [0.15, 0.2) is 6.20 Å². The summed E-state index contributed by atoms with van der Waals surface area (Å²) in [5.41, 5.74) is 0.461. The first-order chi connectivity index (χ1) is 11.7. The van der Waals surface area contributed by atoms with Gasteiger partial charge in [-0.25, -0.2) is 0 Å². The third kappa shape index (κ3) is 4.77. The second-order valence-corrected chi connectivity index (χ2v) is 7.17. The highest BCUT2D eigenvalue weighted by atomic mass is 16.2. The number of nitrogens with one attached hydrogen (secondary N) is 1. The van der Waals surface area contributed by atoms with E-state index in [0.717, 1.165) is 39.1 Å². The highest BCUT2D eigenvalue weighted by molar-refractivity contribution is 5.91. The van der Waals surface area contributed by atoms with Crippen molar-refractivity contribution >= 4 is 5.91 Å². The fourth-order valence-electron chi connectivity index (χ4n) is 3.66. The number of carbonyl (C=O) groups is 1. The highest BCUT2D eigenvalue weighted by Crippen LogP contribution is 2.12. The maximum atomic E-state index is 12.5. The summed E-state index contributed by atoms with van der Waals surface area (Å²) in [7, 11) is 1.86. The van der Waals surface area contributed by atoms with Crippen LogP contribution >= 0.6 is 0 Å². The Morgan fingerprint density at radius 3 is 2.96 bits per heavy atom. The number of hydrogen-bond acceptors (Lipinski definition) is 5. The SMILES string of the molecule is CN(CCCN1CCCC1)C(=O)c1cn(CC2CCCNC2)nn1. The summed E-state index contributed by atoms with van der Waals surface area (Å²) in [5.74, 6) is 0.561. The van der Waals surface area contributed by atoms with E-state index in [1.807, 2.05) is 11.7 Å². The molecule has 134 valence electrons. The second kappa shape index (κ2) is 8.58. The van der Waals surface area contributed by atoms with Crippen molar-refractivity contribution in [2.75, 3.05) is 46.3 Å². The van der Waals surface area contributed by atoms with E-state index < -0.39 is 0 Å². The minimum absolute atomic E-state index is 0.0237. The van der Waals surface area contributed by atoms with Gasteiger partial charge in [-0.1, -0.05) is 5.21 Å². The lowest BCUT2D eigenvalue weighted by Crippen LogP contribution is -2.32. The molecule has 3 rings (SSSR count). The molecule has 1 amide bonds. The van der Waals surface area contributed by atoms with Gasteiger partial charge in [0.1, 0.15) is 0 Å². The Labute approximate surface area is 144 Å². The van der Waals surface area contributed by atoms with Crippen LogP contribution in [0.3, 0.4) is 0 Å². The highest BCUT2D eigenvalue weighted by Gasteiger charge is 2.19. The molecule has 24 heavy (non-hydrogen) atoms. The van der Waals surface area contributed by atoms with Gasteiger partial charge < -0.3 is 15.1 Å². The Morgan fingerprint density at radius 1 is 1.38 bits per heavy atom. The van der Waals surface area contributed by atoms with Crippen molar-refractivity contribution in [1.82, 2.24) is 30.1 Å². The molecule has 2 fully saturated rings. The van der Waals surface area contributed by atoms with E-state index in [-0.39, 0.29) is 5.91 Å². The third-order valence-corrected chi connectivity index (χ3v) is 5.12. The predicted molar refractivity (Wildman–Crippen MR) is 92.9 cm³/mol. The Morgan fingerprint density at radius 2 is 2.21 bits per heavy atom. The summed E-state index contributed by atoms with van der Waals surface area (Å²) in [6.07, 6.45) is 7.87. The lowest BCUT2D eigenvalue weighted by molar-refractivity contribution is 0.0784. The van der Waals surface area contributed by atoms with Crippen LogP contribution < -0.4 is 5.32 Å². The number of carbonyl (C=O) groups excluding carboxylic acids is 1. The van der Waals surface area contributed by atoms with Crippen LogP contribution in [0.1, 0.15) is 42.6 Å². The Hall–Kier alpha value is -1.47. The van der Waals surface area contributed by atoms with Gasteiger partial charge in [-0.2, -0.15) is 0 Å². The summed E-state index contributed by atoms with van der Waals surface area (Å²) in [6.45, 7) is 7.25. The molecule has 2 saturated heterocycles. The molecule has 3 heterocycles. The average Bonchev–Trinajstić information content (AvgIpc) is 3.27. The van der Waals surface area contributed by atoms with Crippen LogP contribution in [0.2, 0.25) is 0 Å². The first-order valence-corrected chi connectivity index (χ1v) is 9.31. The van der Waals surface area contributed by atoms with Gasteiger partial charge in [0.25, 0.3) is 5.91 Å². The quantitative estimate of drug-likeness (QED) is 0.800. The van der Waals surface area contributed by atoms with Gasteiger partial charge in [-0.3, -0.25) is 9.48 Å². The van der Waals surface area contributed by atoms with Gasteiger partial charge in [-0.05, 0) is 70.7 Å². The number of amides is 1. The van der Waals surface area contributed by atoms with Crippen molar-refractivity contribution in [3.63, 3.8) is 0 Å². The van der Waals surface area contributed by atoms with Crippen molar-refractivity contribution in [3.05, 3.63) is 11.9 Å². The van der Waals surface area contributed by atoms with Crippen LogP contribution in [-0.4, -0.2) is 77.0 Å². The number of rotatable bonds is 7. The number of piperidine rings is 1. The molecule has 1 aromatic heterocycles. The maximum Gasteiger partial charge on any atom is 0.275 e. The van der Waals surface area contributed by atoms with Crippen molar-refractivity contribution in [3.8, 4) is 0 Å². The number of hydrogen-bond donors (Lipinski definition) is 1. The zero-order valence-corrected chi connectivity index (χ0v) is 14.8. The molecule has 7 nitrogen and oxygen atoms in total. The van der Waals surface area contributed by atoms with Gasteiger partial charge in [0.2, 0.25) is 0 Å². The zero-order chi connectivity index (χ0) is 16.8. The molecule has 0 aliphatic carbocycles. The standard InChI is InChI=1S/C17H30N6O/c1-21(8-5-11-22-9-2-3-10-22)17(24)16-14-23(20-19-16)13-15-6-4-7-18-12-15/h14-15,18H,2-13H2,1H3. The smallest absolute Gasteiger partial charge is 0.275 e. The molecule has 1 aromatic rings. The summed E-state index contributed by atoms with van der Waals surface area (Å²) < 4.78 is 1.82. The largest absolute Gasteiger partial charge is 0.340 e. The minimum Gasteiger partial charge on any atom is -0.340 e. The maximum absolute atomic E-state index is 12.5. The molecule has 1 atom stereocenters. The van der Waals surface area contributed by atoms with Gasteiger partial charge >= 0.3 is 0 Å².